The predicted octanol–water partition coefficient (Wildman–Crippen LogP) is 3.89. The van der Waals surface area contributed by atoms with Crippen molar-refractivity contribution in [3.63, 3.8) is 0 Å². The SMILES string of the molecule is CCOc1ccccc1CC(C)(CO)c1ccccc1C. The van der Waals surface area contributed by atoms with Crippen molar-refractivity contribution in [1.29, 1.82) is 0 Å². The lowest BCUT2D eigenvalue weighted by molar-refractivity contribution is 0.202. The third-order valence-electron chi connectivity index (χ3n) is 4.00. The summed E-state index contributed by atoms with van der Waals surface area (Å²) in [5, 5.41) is 10.0. The van der Waals surface area contributed by atoms with Gasteiger partial charge in [-0.05, 0) is 43.0 Å². The number of ether oxygens (including phenoxy) is 1. The summed E-state index contributed by atoms with van der Waals surface area (Å²) < 4.78 is 5.71. The molecule has 0 fully saturated rings. The molecule has 21 heavy (non-hydrogen) atoms. The smallest absolute Gasteiger partial charge is 0.122 e. The van der Waals surface area contributed by atoms with Crippen LogP contribution in [0.4, 0.5) is 0 Å². The molecule has 0 saturated carbocycles. The fourth-order valence-electron chi connectivity index (χ4n) is 2.85. The molecule has 0 aliphatic rings. The van der Waals surface area contributed by atoms with Gasteiger partial charge in [0.2, 0.25) is 0 Å². The first kappa shape index (κ1) is 15.6. The van der Waals surface area contributed by atoms with Crippen molar-refractivity contribution < 1.29 is 9.84 Å². The first-order valence-corrected chi connectivity index (χ1v) is 7.48. The second-order valence-corrected chi connectivity index (χ2v) is 5.75. The van der Waals surface area contributed by atoms with E-state index in [2.05, 4.69) is 32.0 Å². The minimum Gasteiger partial charge on any atom is -0.494 e. The van der Waals surface area contributed by atoms with E-state index in [4.69, 9.17) is 4.74 Å². The molecule has 112 valence electrons. The van der Waals surface area contributed by atoms with E-state index in [-0.39, 0.29) is 12.0 Å². The third kappa shape index (κ3) is 3.45. The maximum Gasteiger partial charge on any atom is 0.122 e. The number of aliphatic hydroxyl groups is 1. The molecule has 0 bridgehead atoms. The van der Waals surface area contributed by atoms with Gasteiger partial charge in [-0.25, -0.2) is 0 Å². The highest BCUT2D eigenvalue weighted by Crippen LogP contribution is 2.33. The maximum absolute atomic E-state index is 10.0. The van der Waals surface area contributed by atoms with Crippen LogP contribution in [-0.2, 0) is 11.8 Å². The summed E-state index contributed by atoms with van der Waals surface area (Å²) >= 11 is 0. The normalized spacial score (nSPS) is 13.7. The summed E-state index contributed by atoms with van der Waals surface area (Å²) in [5.41, 5.74) is 3.24. The molecule has 0 aromatic heterocycles. The highest BCUT2D eigenvalue weighted by molar-refractivity contribution is 5.39. The van der Waals surface area contributed by atoms with Crippen molar-refractivity contribution >= 4 is 0 Å². The van der Waals surface area contributed by atoms with Crippen molar-refractivity contribution in [2.24, 2.45) is 0 Å². The van der Waals surface area contributed by atoms with Crippen LogP contribution in [-0.4, -0.2) is 18.3 Å². The lowest BCUT2D eigenvalue weighted by Crippen LogP contribution is -2.30. The fourth-order valence-corrected chi connectivity index (χ4v) is 2.85. The standard InChI is InChI=1S/C19H24O2/c1-4-21-18-12-8-6-10-16(18)13-19(3,14-20)17-11-7-5-9-15(17)2/h5-12,20H,4,13-14H2,1-3H3. The molecular weight excluding hydrogens is 260 g/mol. The van der Waals surface area contributed by atoms with Gasteiger partial charge < -0.3 is 9.84 Å². The summed E-state index contributed by atoms with van der Waals surface area (Å²) in [7, 11) is 0. The molecule has 0 radical (unpaired) electrons. The van der Waals surface area contributed by atoms with Gasteiger partial charge in [0.15, 0.2) is 0 Å². The van der Waals surface area contributed by atoms with E-state index in [9.17, 15) is 5.11 Å². The van der Waals surface area contributed by atoms with Gasteiger partial charge in [-0.3, -0.25) is 0 Å². The van der Waals surface area contributed by atoms with Crippen LogP contribution in [0.1, 0.15) is 30.5 Å². The van der Waals surface area contributed by atoms with Crippen LogP contribution in [0.2, 0.25) is 0 Å². The van der Waals surface area contributed by atoms with Crippen LogP contribution < -0.4 is 4.74 Å². The number of hydrogen-bond donors (Lipinski definition) is 1. The Morgan fingerprint density at radius 2 is 1.71 bits per heavy atom. The minimum atomic E-state index is -0.307. The van der Waals surface area contributed by atoms with Crippen molar-refractivity contribution in [2.45, 2.75) is 32.6 Å². The van der Waals surface area contributed by atoms with Gasteiger partial charge in [-0.1, -0.05) is 49.4 Å². The van der Waals surface area contributed by atoms with Crippen molar-refractivity contribution in [1.82, 2.24) is 0 Å². The second kappa shape index (κ2) is 6.77. The fraction of sp³-hybridized carbons (Fsp3) is 0.368. The number of rotatable bonds is 6. The third-order valence-corrected chi connectivity index (χ3v) is 4.00. The van der Waals surface area contributed by atoms with Crippen molar-refractivity contribution in [2.75, 3.05) is 13.2 Å². The van der Waals surface area contributed by atoms with Crippen LogP contribution in [0.3, 0.4) is 0 Å². The number of hydrogen-bond acceptors (Lipinski definition) is 2. The van der Waals surface area contributed by atoms with Gasteiger partial charge in [-0.2, -0.15) is 0 Å². The zero-order valence-electron chi connectivity index (χ0n) is 13.1. The number of benzene rings is 2. The molecule has 0 saturated heterocycles. The Labute approximate surface area is 127 Å². The predicted molar refractivity (Wildman–Crippen MR) is 86.9 cm³/mol. The molecule has 0 aliphatic carbocycles. The topological polar surface area (TPSA) is 29.5 Å². The lowest BCUT2D eigenvalue weighted by atomic mass is 9.76. The molecule has 1 N–H and O–H groups in total. The van der Waals surface area contributed by atoms with Crippen LogP contribution in [0.5, 0.6) is 5.75 Å². The lowest BCUT2D eigenvalue weighted by Gasteiger charge is -2.30. The van der Waals surface area contributed by atoms with E-state index in [0.29, 0.717) is 6.61 Å². The Bertz CT molecular complexity index is 592. The first-order chi connectivity index (χ1) is 10.1. The van der Waals surface area contributed by atoms with Crippen LogP contribution in [0.25, 0.3) is 0 Å². The average molecular weight is 284 g/mol. The highest BCUT2D eigenvalue weighted by Gasteiger charge is 2.28. The highest BCUT2D eigenvalue weighted by atomic mass is 16.5. The number of para-hydroxylation sites is 1. The molecule has 2 nitrogen and oxygen atoms in total. The summed E-state index contributed by atoms with van der Waals surface area (Å²) in [6, 6.07) is 16.3. The van der Waals surface area contributed by atoms with Gasteiger partial charge in [0, 0.05) is 5.41 Å². The Morgan fingerprint density at radius 1 is 1.05 bits per heavy atom. The molecule has 1 atom stereocenters. The summed E-state index contributed by atoms with van der Waals surface area (Å²) in [4.78, 5) is 0. The van der Waals surface area contributed by atoms with Gasteiger partial charge in [0.05, 0.1) is 13.2 Å². The molecule has 1 unspecified atom stereocenters. The minimum absolute atomic E-state index is 0.109. The monoisotopic (exact) mass is 284 g/mol. The maximum atomic E-state index is 10.0. The number of aliphatic hydroxyl groups excluding tert-OH is 1. The van der Waals surface area contributed by atoms with Crippen molar-refractivity contribution in [3.05, 3.63) is 65.2 Å². The Balaban J connectivity index is 2.37. The summed E-state index contributed by atoms with van der Waals surface area (Å²) in [5.74, 6) is 0.910. The van der Waals surface area contributed by atoms with Gasteiger partial charge in [0.25, 0.3) is 0 Å². The van der Waals surface area contributed by atoms with E-state index in [1.165, 1.54) is 11.1 Å². The molecule has 0 amide bonds. The molecule has 2 aromatic carbocycles. The molecular formula is C19H24O2. The second-order valence-electron chi connectivity index (χ2n) is 5.75. The average Bonchev–Trinajstić information content (AvgIpc) is 2.50. The molecule has 0 spiro atoms. The quantitative estimate of drug-likeness (QED) is 0.872. The largest absolute Gasteiger partial charge is 0.494 e. The van der Waals surface area contributed by atoms with E-state index < -0.39 is 0 Å². The Morgan fingerprint density at radius 3 is 2.38 bits per heavy atom. The molecule has 2 rings (SSSR count). The number of aryl methyl sites for hydroxylation is 1. The Kier molecular flexibility index (Phi) is 5.03. The van der Waals surface area contributed by atoms with E-state index in [0.717, 1.165) is 17.7 Å². The van der Waals surface area contributed by atoms with E-state index in [1.54, 1.807) is 0 Å². The first-order valence-electron chi connectivity index (χ1n) is 7.48. The summed E-state index contributed by atoms with van der Waals surface area (Å²) in [6.07, 6.45) is 0.754. The zero-order chi connectivity index (χ0) is 15.3. The van der Waals surface area contributed by atoms with Crippen LogP contribution in [0.15, 0.2) is 48.5 Å². The molecule has 2 heteroatoms. The summed E-state index contributed by atoms with van der Waals surface area (Å²) in [6.45, 7) is 6.95. The molecule has 0 aliphatic heterocycles. The van der Waals surface area contributed by atoms with E-state index >= 15 is 0 Å². The van der Waals surface area contributed by atoms with Gasteiger partial charge in [-0.15, -0.1) is 0 Å². The van der Waals surface area contributed by atoms with Crippen molar-refractivity contribution in [3.8, 4) is 5.75 Å². The van der Waals surface area contributed by atoms with Crippen LogP contribution >= 0.6 is 0 Å². The molecule has 2 aromatic rings. The zero-order valence-corrected chi connectivity index (χ0v) is 13.1. The van der Waals surface area contributed by atoms with E-state index in [1.807, 2.05) is 37.3 Å². The van der Waals surface area contributed by atoms with Crippen LogP contribution in [0, 0.1) is 6.92 Å². The molecule has 0 heterocycles. The Hall–Kier alpha value is -1.80. The van der Waals surface area contributed by atoms with Gasteiger partial charge >= 0.3 is 0 Å². The van der Waals surface area contributed by atoms with Gasteiger partial charge in [0.1, 0.15) is 5.75 Å².